The summed E-state index contributed by atoms with van der Waals surface area (Å²) in [5.74, 6) is -0.0338. The molecule has 0 aromatic heterocycles. The molecule has 1 N–H and O–H groups in total. The highest BCUT2D eigenvalue weighted by Crippen LogP contribution is 2.65. The zero-order valence-electron chi connectivity index (χ0n) is 10.8. The quantitative estimate of drug-likeness (QED) is 0.782. The van der Waals surface area contributed by atoms with Gasteiger partial charge >= 0.3 is 11.9 Å². The second-order valence-electron chi connectivity index (χ2n) is 6.55. The molecule has 18 heavy (non-hydrogen) atoms. The monoisotopic (exact) mass is 252 g/mol. The van der Waals surface area contributed by atoms with Gasteiger partial charge in [-0.15, -0.1) is 0 Å². The molecule has 4 saturated carbocycles. The molecular weight excluding hydrogens is 232 g/mol. The Morgan fingerprint density at radius 3 is 2.22 bits per heavy atom. The van der Waals surface area contributed by atoms with Crippen LogP contribution in [0.1, 0.15) is 45.4 Å². The smallest absolute Gasteiger partial charge is 0.312 e. The number of hydrogen-bond acceptors (Lipinski definition) is 3. The number of carbonyl (C=O) groups is 2. The number of carbonyl (C=O) groups excluding carboxylic acids is 1. The second kappa shape index (κ2) is 3.72. The molecule has 100 valence electrons. The highest BCUT2D eigenvalue weighted by Gasteiger charge is 2.63. The van der Waals surface area contributed by atoms with Crippen LogP contribution in [0.5, 0.6) is 0 Å². The van der Waals surface area contributed by atoms with E-state index < -0.39 is 16.8 Å². The van der Waals surface area contributed by atoms with Gasteiger partial charge in [0.15, 0.2) is 0 Å². The van der Waals surface area contributed by atoms with Gasteiger partial charge in [-0.2, -0.15) is 0 Å². The fourth-order valence-corrected chi connectivity index (χ4v) is 5.04. The largest absolute Gasteiger partial charge is 0.481 e. The van der Waals surface area contributed by atoms with Gasteiger partial charge in [-0.3, -0.25) is 9.59 Å². The van der Waals surface area contributed by atoms with Crippen molar-refractivity contribution in [1.29, 1.82) is 0 Å². The summed E-state index contributed by atoms with van der Waals surface area (Å²) >= 11 is 0. The van der Waals surface area contributed by atoms with E-state index in [1.165, 1.54) is 0 Å². The molecule has 0 amide bonds. The van der Waals surface area contributed by atoms with Gasteiger partial charge in [-0.25, -0.2) is 0 Å². The van der Waals surface area contributed by atoms with E-state index in [-0.39, 0.29) is 5.97 Å². The lowest BCUT2D eigenvalue weighted by atomic mass is 9.44. The van der Waals surface area contributed by atoms with Crippen molar-refractivity contribution >= 4 is 11.9 Å². The molecule has 0 aliphatic heterocycles. The topological polar surface area (TPSA) is 63.6 Å². The third kappa shape index (κ3) is 1.50. The van der Waals surface area contributed by atoms with Gasteiger partial charge in [0.1, 0.15) is 0 Å². The average Bonchev–Trinajstić information content (AvgIpc) is 2.27. The van der Waals surface area contributed by atoms with Crippen molar-refractivity contribution in [2.24, 2.45) is 22.7 Å². The summed E-state index contributed by atoms with van der Waals surface area (Å²) in [7, 11) is 0. The average molecular weight is 252 g/mol. The van der Waals surface area contributed by atoms with Crippen LogP contribution in [-0.2, 0) is 14.3 Å². The molecule has 2 unspecified atom stereocenters. The first-order valence-electron chi connectivity index (χ1n) is 6.90. The first-order valence-corrected chi connectivity index (χ1v) is 6.90. The van der Waals surface area contributed by atoms with Crippen LogP contribution in [0.15, 0.2) is 0 Å². The normalized spacial score (nSPS) is 44.9. The molecule has 0 saturated heterocycles. The molecule has 4 bridgehead atoms. The van der Waals surface area contributed by atoms with Crippen LogP contribution < -0.4 is 0 Å². The predicted molar refractivity (Wildman–Crippen MR) is 63.8 cm³/mol. The van der Waals surface area contributed by atoms with E-state index in [9.17, 15) is 14.7 Å². The number of ether oxygens (including phenoxy) is 1. The molecule has 4 aliphatic carbocycles. The Balaban J connectivity index is 1.94. The van der Waals surface area contributed by atoms with E-state index in [0.29, 0.717) is 24.9 Å². The van der Waals surface area contributed by atoms with Gasteiger partial charge in [0, 0.05) is 0 Å². The van der Waals surface area contributed by atoms with Crippen molar-refractivity contribution in [1.82, 2.24) is 0 Å². The number of carboxylic acid groups (broad SMARTS) is 1. The summed E-state index contributed by atoms with van der Waals surface area (Å²) in [5.41, 5.74) is -1.13. The Morgan fingerprint density at radius 2 is 1.72 bits per heavy atom. The molecule has 0 spiro atoms. The summed E-state index contributed by atoms with van der Waals surface area (Å²) in [6.45, 7) is 2.20. The first kappa shape index (κ1) is 12.0. The summed E-state index contributed by atoms with van der Waals surface area (Å²) in [6.07, 6.45) is 4.83. The second-order valence-corrected chi connectivity index (χ2v) is 6.55. The molecule has 4 aliphatic rings. The van der Waals surface area contributed by atoms with E-state index in [1.807, 2.05) is 6.92 Å². The highest BCUT2D eigenvalue weighted by molar-refractivity contribution is 5.82. The van der Waals surface area contributed by atoms with Crippen LogP contribution in [0.2, 0.25) is 0 Å². The van der Waals surface area contributed by atoms with Crippen molar-refractivity contribution < 1.29 is 19.4 Å². The van der Waals surface area contributed by atoms with E-state index in [2.05, 4.69) is 0 Å². The van der Waals surface area contributed by atoms with Crippen molar-refractivity contribution in [3.8, 4) is 0 Å². The maximum atomic E-state index is 12.2. The minimum atomic E-state index is -0.703. The summed E-state index contributed by atoms with van der Waals surface area (Å²) in [4.78, 5) is 23.9. The van der Waals surface area contributed by atoms with Crippen LogP contribution in [-0.4, -0.2) is 23.7 Å². The molecule has 0 radical (unpaired) electrons. The number of hydrogen-bond donors (Lipinski definition) is 1. The molecule has 4 fully saturated rings. The molecule has 0 aromatic rings. The zero-order valence-corrected chi connectivity index (χ0v) is 10.8. The van der Waals surface area contributed by atoms with Crippen LogP contribution in [0.4, 0.5) is 0 Å². The lowest BCUT2D eigenvalue weighted by Gasteiger charge is -2.59. The maximum Gasteiger partial charge on any atom is 0.312 e. The number of carboxylic acids is 1. The molecule has 4 rings (SSSR count). The Bertz CT molecular complexity index is 387. The molecular formula is C14H20O4. The third-order valence-electron chi connectivity index (χ3n) is 5.22. The molecule has 0 heterocycles. The highest BCUT2D eigenvalue weighted by atomic mass is 16.5. The molecule has 2 atom stereocenters. The van der Waals surface area contributed by atoms with Gasteiger partial charge in [0.2, 0.25) is 0 Å². The van der Waals surface area contributed by atoms with Gasteiger partial charge in [0.25, 0.3) is 0 Å². The Morgan fingerprint density at radius 1 is 1.17 bits per heavy atom. The minimum Gasteiger partial charge on any atom is -0.481 e. The summed E-state index contributed by atoms with van der Waals surface area (Å²) < 4.78 is 5.22. The van der Waals surface area contributed by atoms with Gasteiger partial charge in [-0.1, -0.05) is 0 Å². The number of aliphatic carboxylic acids is 1. The van der Waals surface area contributed by atoms with E-state index >= 15 is 0 Å². The Hall–Kier alpha value is -1.06. The summed E-state index contributed by atoms with van der Waals surface area (Å²) in [5, 5.41) is 9.55. The Labute approximate surface area is 107 Å². The molecule has 0 aromatic carbocycles. The number of esters is 1. The predicted octanol–water partition coefficient (Wildman–Crippen LogP) is 2.22. The SMILES string of the molecule is CCOC(=O)C12CC3CC(CC(C(=O)O)(C3)C1)C2. The Kier molecular flexibility index (Phi) is 2.48. The summed E-state index contributed by atoms with van der Waals surface area (Å²) in [6, 6.07) is 0. The van der Waals surface area contributed by atoms with Crippen molar-refractivity contribution in [2.75, 3.05) is 6.61 Å². The fourth-order valence-electron chi connectivity index (χ4n) is 5.04. The van der Waals surface area contributed by atoms with Crippen molar-refractivity contribution in [2.45, 2.75) is 45.4 Å². The van der Waals surface area contributed by atoms with Crippen LogP contribution >= 0.6 is 0 Å². The maximum absolute atomic E-state index is 12.2. The van der Waals surface area contributed by atoms with E-state index in [1.54, 1.807) is 0 Å². The van der Waals surface area contributed by atoms with Crippen molar-refractivity contribution in [3.63, 3.8) is 0 Å². The van der Waals surface area contributed by atoms with Gasteiger partial charge in [-0.05, 0) is 57.3 Å². The molecule has 4 heteroatoms. The van der Waals surface area contributed by atoms with E-state index in [4.69, 9.17) is 4.74 Å². The fraction of sp³-hybridized carbons (Fsp3) is 0.857. The minimum absolute atomic E-state index is 0.148. The first-order chi connectivity index (χ1) is 8.50. The van der Waals surface area contributed by atoms with Crippen LogP contribution in [0, 0.1) is 22.7 Å². The third-order valence-corrected chi connectivity index (χ3v) is 5.22. The van der Waals surface area contributed by atoms with Gasteiger partial charge < -0.3 is 9.84 Å². The lowest BCUT2D eigenvalue weighted by molar-refractivity contribution is -0.190. The van der Waals surface area contributed by atoms with Gasteiger partial charge in [0.05, 0.1) is 17.4 Å². The number of rotatable bonds is 3. The van der Waals surface area contributed by atoms with Crippen LogP contribution in [0.3, 0.4) is 0 Å². The van der Waals surface area contributed by atoms with Crippen LogP contribution in [0.25, 0.3) is 0 Å². The van der Waals surface area contributed by atoms with Crippen molar-refractivity contribution in [3.05, 3.63) is 0 Å². The lowest BCUT2D eigenvalue weighted by Crippen LogP contribution is -2.57. The molecule has 4 nitrogen and oxygen atoms in total. The standard InChI is InChI=1S/C14H20O4/c1-2-18-12(17)14-6-9-3-10(7-14)5-13(4-9,8-14)11(15)16/h9-10H,2-8H2,1H3,(H,15,16). The zero-order chi connectivity index (χ0) is 13.0. The van der Waals surface area contributed by atoms with E-state index in [0.717, 1.165) is 32.1 Å².